The molecule has 0 spiro atoms. The van der Waals surface area contributed by atoms with E-state index in [1.54, 1.807) is 30.3 Å². The van der Waals surface area contributed by atoms with E-state index in [0.29, 0.717) is 16.9 Å². The molecule has 5 heteroatoms. The lowest BCUT2D eigenvalue weighted by Gasteiger charge is -2.07. The molecule has 2 aromatic carbocycles. The number of anilines is 2. The molecule has 0 aliphatic carbocycles. The number of hydrogen-bond donors (Lipinski definition) is 2. The van der Waals surface area contributed by atoms with Crippen LogP contribution in [0.1, 0.15) is 15.9 Å². The number of benzene rings is 2. The van der Waals surface area contributed by atoms with E-state index in [4.69, 9.17) is 11.0 Å². The monoisotopic (exact) mass is 255 g/mol. The van der Waals surface area contributed by atoms with Crippen LogP contribution in [0.4, 0.5) is 15.8 Å². The fourth-order valence-electron chi connectivity index (χ4n) is 1.59. The topological polar surface area (TPSA) is 78.9 Å². The molecule has 0 fully saturated rings. The van der Waals surface area contributed by atoms with Gasteiger partial charge in [0.1, 0.15) is 11.9 Å². The summed E-state index contributed by atoms with van der Waals surface area (Å²) in [6.07, 6.45) is 0. The number of nitriles is 1. The molecule has 2 rings (SSSR count). The first-order valence-electron chi connectivity index (χ1n) is 5.47. The van der Waals surface area contributed by atoms with Gasteiger partial charge in [-0.15, -0.1) is 0 Å². The first kappa shape index (κ1) is 12.6. The summed E-state index contributed by atoms with van der Waals surface area (Å²) in [6, 6.07) is 12.1. The molecule has 0 aliphatic heterocycles. The fourth-order valence-corrected chi connectivity index (χ4v) is 1.59. The molecular formula is C14H10FN3O. The Balaban J connectivity index is 2.25. The highest BCUT2D eigenvalue weighted by Gasteiger charge is 2.10. The largest absolute Gasteiger partial charge is 0.398 e. The second kappa shape index (κ2) is 5.19. The first-order valence-corrected chi connectivity index (χ1v) is 5.47. The Kier molecular flexibility index (Phi) is 3.44. The lowest BCUT2D eigenvalue weighted by atomic mass is 10.1. The van der Waals surface area contributed by atoms with Crippen molar-refractivity contribution in [2.75, 3.05) is 11.1 Å². The number of nitrogens with zero attached hydrogens (tertiary/aromatic N) is 1. The van der Waals surface area contributed by atoms with Gasteiger partial charge in [-0.05, 0) is 30.3 Å². The van der Waals surface area contributed by atoms with Crippen LogP contribution < -0.4 is 11.1 Å². The lowest BCUT2D eigenvalue weighted by molar-refractivity contribution is 0.102. The molecule has 0 saturated carbocycles. The van der Waals surface area contributed by atoms with Gasteiger partial charge in [0, 0.05) is 11.4 Å². The quantitative estimate of drug-likeness (QED) is 0.809. The molecule has 2 aromatic rings. The molecule has 0 heterocycles. The average Bonchev–Trinajstić information content (AvgIpc) is 2.41. The molecule has 94 valence electrons. The number of carbonyl (C=O) groups is 1. The first-order chi connectivity index (χ1) is 9.11. The summed E-state index contributed by atoms with van der Waals surface area (Å²) in [6.45, 7) is 0. The number of nitrogens with two attached hydrogens (primary N) is 1. The van der Waals surface area contributed by atoms with Crippen molar-refractivity contribution in [2.24, 2.45) is 0 Å². The van der Waals surface area contributed by atoms with Crippen molar-refractivity contribution in [3.05, 3.63) is 59.4 Å². The molecule has 0 unspecified atom stereocenters. The van der Waals surface area contributed by atoms with E-state index < -0.39 is 11.7 Å². The molecule has 0 saturated heterocycles. The van der Waals surface area contributed by atoms with Gasteiger partial charge in [0.15, 0.2) is 0 Å². The standard InChI is InChI=1S/C14H10FN3O/c15-12-6-5-10(7-9(12)8-16)18-14(19)11-3-1-2-4-13(11)17/h1-7H,17H2,(H,18,19). The molecule has 3 N–H and O–H groups in total. The Morgan fingerprint density at radius 3 is 2.68 bits per heavy atom. The summed E-state index contributed by atoms with van der Waals surface area (Å²) in [5.74, 6) is -1.03. The third-order valence-electron chi connectivity index (χ3n) is 2.55. The third kappa shape index (κ3) is 2.69. The van der Waals surface area contributed by atoms with Crippen molar-refractivity contribution < 1.29 is 9.18 Å². The Morgan fingerprint density at radius 2 is 2.00 bits per heavy atom. The summed E-state index contributed by atoms with van der Waals surface area (Å²) in [5, 5.41) is 11.3. The number of nitrogen functional groups attached to an aromatic ring is 1. The van der Waals surface area contributed by atoms with Gasteiger partial charge in [0.05, 0.1) is 11.1 Å². The fraction of sp³-hybridized carbons (Fsp3) is 0. The number of hydrogen-bond acceptors (Lipinski definition) is 3. The van der Waals surface area contributed by atoms with Crippen molar-refractivity contribution in [1.82, 2.24) is 0 Å². The predicted octanol–water partition coefficient (Wildman–Crippen LogP) is 2.53. The molecule has 0 aromatic heterocycles. The Hall–Kier alpha value is -2.87. The Labute approximate surface area is 109 Å². The number of para-hydroxylation sites is 1. The van der Waals surface area contributed by atoms with Gasteiger partial charge in [-0.3, -0.25) is 4.79 Å². The SMILES string of the molecule is N#Cc1cc(NC(=O)c2ccccc2N)ccc1F. The molecule has 19 heavy (non-hydrogen) atoms. The van der Waals surface area contributed by atoms with Gasteiger partial charge in [-0.2, -0.15) is 5.26 Å². The third-order valence-corrected chi connectivity index (χ3v) is 2.55. The highest BCUT2D eigenvalue weighted by Crippen LogP contribution is 2.17. The van der Waals surface area contributed by atoms with Gasteiger partial charge in [0.2, 0.25) is 0 Å². The van der Waals surface area contributed by atoms with Gasteiger partial charge in [-0.1, -0.05) is 12.1 Å². The van der Waals surface area contributed by atoms with Crippen LogP contribution in [0.2, 0.25) is 0 Å². The van der Waals surface area contributed by atoms with Crippen LogP contribution in [0, 0.1) is 17.1 Å². The molecule has 0 aliphatic rings. The van der Waals surface area contributed by atoms with Crippen molar-refractivity contribution in [2.45, 2.75) is 0 Å². The van der Waals surface area contributed by atoms with Crippen LogP contribution in [0.3, 0.4) is 0 Å². The second-order valence-corrected chi connectivity index (χ2v) is 3.85. The highest BCUT2D eigenvalue weighted by atomic mass is 19.1. The summed E-state index contributed by atoms with van der Waals surface area (Å²) in [5.41, 5.74) is 6.57. The van der Waals surface area contributed by atoms with Gasteiger partial charge in [0.25, 0.3) is 5.91 Å². The number of halogens is 1. The van der Waals surface area contributed by atoms with Crippen molar-refractivity contribution in [1.29, 1.82) is 5.26 Å². The lowest BCUT2D eigenvalue weighted by Crippen LogP contribution is -2.14. The summed E-state index contributed by atoms with van der Waals surface area (Å²) in [4.78, 5) is 12.0. The smallest absolute Gasteiger partial charge is 0.257 e. The van der Waals surface area contributed by atoms with Crippen LogP contribution in [0.5, 0.6) is 0 Å². The summed E-state index contributed by atoms with van der Waals surface area (Å²) in [7, 11) is 0. The molecule has 0 radical (unpaired) electrons. The number of amides is 1. The van der Waals surface area contributed by atoms with E-state index in [2.05, 4.69) is 5.32 Å². The van der Waals surface area contributed by atoms with E-state index >= 15 is 0 Å². The number of nitrogens with one attached hydrogen (secondary N) is 1. The minimum Gasteiger partial charge on any atom is -0.398 e. The van der Waals surface area contributed by atoms with Gasteiger partial charge >= 0.3 is 0 Å². The summed E-state index contributed by atoms with van der Waals surface area (Å²) >= 11 is 0. The van der Waals surface area contributed by atoms with Crippen molar-refractivity contribution >= 4 is 17.3 Å². The van der Waals surface area contributed by atoms with Crippen LogP contribution in [0.15, 0.2) is 42.5 Å². The predicted molar refractivity (Wildman–Crippen MR) is 69.9 cm³/mol. The van der Waals surface area contributed by atoms with E-state index in [-0.39, 0.29) is 5.56 Å². The van der Waals surface area contributed by atoms with Crippen LogP contribution in [-0.2, 0) is 0 Å². The van der Waals surface area contributed by atoms with Crippen LogP contribution in [-0.4, -0.2) is 5.91 Å². The molecule has 0 bridgehead atoms. The van der Waals surface area contributed by atoms with E-state index in [0.717, 1.165) is 6.07 Å². The number of rotatable bonds is 2. The minimum atomic E-state index is -0.625. The normalized spacial score (nSPS) is 9.68. The maximum atomic E-state index is 13.1. The highest BCUT2D eigenvalue weighted by molar-refractivity contribution is 6.07. The zero-order valence-electron chi connectivity index (χ0n) is 9.85. The van der Waals surface area contributed by atoms with Crippen molar-refractivity contribution in [3.63, 3.8) is 0 Å². The zero-order chi connectivity index (χ0) is 13.8. The maximum absolute atomic E-state index is 13.1. The molecule has 0 atom stereocenters. The molecular weight excluding hydrogens is 245 g/mol. The van der Waals surface area contributed by atoms with Crippen LogP contribution in [0.25, 0.3) is 0 Å². The maximum Gasteiger partial charge on any atom is 0.257 e. The van der Waals surface area contributed by atoms with E-state index in [1.807, 2.05) is 0 Å². The van der Waals surface area contributed by atoms with Gasteiger partial charge in [-0.25, -0.2) is 4.39 Å². The Morgan fingerprint density at radius 1 is 1.26 bits per heavy atom. The van der Waals surface area contributed by atoms with E-state index in [9.17, 15) is 9.18 Å². The molecule has 4 nitrogen and oxygen atoms in total. The van der Waals surface area contributed by atoms with Gasteiger partial charge < -0.3 is 11.1 Å². The van der Waals surface area contributed by atoms with E-state index in [1.165, 1.54) is 12.1 Å². The Bertz CT molecular complexity index is 677. The zero-order valence-corrected chi connectivity index (χ0v) is 9.85. The molecule has 1 amide bonds. The van der Waals surface area contributed by atoms with Crippen LogP contribution >= 0.6 is 0 Å². The van der Waals surface area contributed by atoms with Crippen molar-refractivity contribution in [3.8, 4) is 6.07 Å². The summed E-state index contributed by atoms with van der Waals surface area (Å²) < 4.78 is 13.1. The average molecular weight is 255 g/mol. The second-order valence-electron chi connectivity index (χ2n) is 3.85. The number of carbonyl (C=O) groups excluding carboxylic acids is 1. The minimum absolute atomic E-state index is 0.126.